The lowest BCUT2D eigenvalue weighted by atomic mass is 10.0. The fourth-order valence-corrected chi connectivity index (χ4v) is 2.79. The molecule has 1 aromatic rings. The number of benzene rings is 1. The molecule has 0 saturated carbocycles. The standard InChI is InChI=1S/C16H23BrN2O2/c1-12-4-5-13(10-14(12)17)15(20)18-11-16(2,3)19-6-8-21-9-7-19/h4-5,10H,6-9,11H2,1-3H3,(H,18,20). The molecule has 1 amide bonds. The molecule has 0 atom stereocenters. The largest absolute Gasteiger partial charge is 0.379 e. The van der Waals surface area contributed by atoms with Crippen LogP contribution in [-0.2, 0) is 4.74 Å². The molecule has 1 aromatic carbocycles. The van der Waals surface area contributed by atoms with Crippen molar-refractivity contribution in [3.05, 3.63) is 33.8 Å². The molecule has 2 rings (SSSR count). The van der Waals surface area contributed by atoms with Crippen molar-refractivity contribution in [3.63, 3.8) is 0 Å². The molecule has 4 nitrogen and oxygen atoms in total. The van der Waals surface area contributed by atoms with Crippen LogP contribution in [0.25, 0.3) is 0 Å². The minimum Gasteiger partial charge on any atom is -0.379 e. The summed E-state index contributed by atoms with van der Waals surface area (Å²) in [6.45, 7) is 10.3. The predicted molar refractivity (Wildman–Crippen MR) is 87.7 cm³/mol. The summed E-state index contributed by atoms with van der Waals surface area (Å²) < 4.78 is 6.34. The Hall–Kier alpha value is -0.910. The topological polar surface area (TPSA) is 41.6 Å². The van der Waals surface area contributed by atoms with Crippen LogP contribution in [0.5, 0.6) is 0 Å². The smallest absolute Gasteiger partial charge is 0.251 e. The van der Waals surface area contributed by atoms with Crippen LogP contribution >= 0.6 is 15.9 Å². The highest BCUT2D eigenvalue weighted by Gasteiger charge is 2.28. The van der Waals surface area contributed by atoms with Gasteiger partial charge in [0.05, 0.1) is 13.2 Å². The molecule has 1 heterocycles. The van der Waals surface area contributed by atoms with E-state index >= 15 is 0 Å². The van der Waals surface area contributed by atoms with E-state index in [2.05, 4.69) is 40.0 Å². The summed E-state index contributed by atoms with van der Waals surface area (Å²) >= 11 is 3.47. The molecule has 0 bridgehead atoms. The summed E-state index contributed by atoms with van der Waals surface area (Å²) in [7, 11) is 0. The van der Waals surface area contributed by atoms with E-state index < -0.39 is 0 Å². The normalized spacial score (nSPS) is 16.8. The van der Waals surface area contributed by atoms with Crippen molar-refractivity contribution >= 4 is 21.8 Å². The Bertz CT molecular complexity index is 511. The Morgan fingerprint density at radius 1 is 1.38 bits per heavy atom. The van der Waals surface area contributed by atoms with Crippen LogP contribution < -0.4 is 5.32 Å². The van der Waals surface area contributed by atoms with E-state index in [9.17, 15) is 4.79 Å². The molecule has 1 N–H and O–H groups in total. The lowest BCUT2D eigenvalue weighted by molar-refractivity contribution is -0.00923. The second kappa shape index (κ2) is 6.90. The van der Waals surface area contributed by atoms with E-state index in [1.807, 2.05) is 25.1 Å². The number of hydrogen-bond donors (Lipinski definition) is 1. The van der Waals surface area contributed by atoms with Gasteiger partial charge in [-0.15, -0.1) is 0 Å². The van der Waals surface area contributed by atoms with Crippen molar-refractivity contribution in [3.8, 4) is 0 Å². The molecule has 0 spiro atoms. The number of ether oxygens (including phenoxy) is 1. The van der Waals surface area contributed by atoms with Crippen molar-refractivity contribution in [2.45, 2.75) is 26.3 Å². The number of nitrogens with zero attached hydrogens (tertiary/aromatic N) is 1. The number of morpholine rings is 1. The summed E-state index contributed by atoms with van der Waals surface area (Å²) in [5.41, 5.74) is 1.74. The number of carbonyl (C=O) groups excluding carboxylic acids is 1. The third-order valence-corrected chi connectivity index (χ3v) is 4.84. The van der Waals surface area contributed by atoms with Crippen LogP contribution in [0.15, 0.2) is 22.7 Å². The monoisotopic (exact) mass is 354 g/mol. The summed E-state index contributed by atoms with van der Waals surface area (Å²) in [4.78, 5) is 14.6. The van der Waals surface area contributed by atoms with Crippen LogP contribution in [0.4, 0.5) is 0 Å². The van der Waals surface area contributed by atoms with Gasteiger partial charge in [0.1, 0.15) is 0 Å². The molecule has 0 radical (unpaired) electrons. The predicted octanol–water partition coefficient (Wildman–Crippen LogP) is 2.60. The fourth-order valence-electron chi connectivity index (χ4n) is 2.41. The molecule has 21 heavy (non-hydrogen) atoms. The quantitative estimate of drug-likeness (QED) is 0.903. The molecule has 0 aromatic heterocycles. The van der Waals surface area contributed by atoms with Gasteiger partial charge in [-0.1, -0.05) is 22.0 Å². The zero-order valence-electron chi connectivity index (χ0n) is 12.9. The van der Waals surface area contributed by atoms with E-state index in [4.69, 9.17) is 4.74 Å². The van der Waals surface area contributed by atoms with E-state index in [1.54, 1.807) is 0 Å². The molecular weight excluding hydrogens is 332 g/mol. The van der Waals surface area contributed by atoms with Crippen LogP contribution in [0.1, 0.15) is 29.8 Å². The molecule has 116 valence electrons. The second-order valence-electron chi connectivity index (χ2n) is 6.06. The summed E-state index contributed by atoms with van der Waals surface area (Å²) in [6.07, 6.45) is 0. The molecular formula is C16H23BrN2O2. The zero-order chi connectivity index (χ0) is 15.5. The van der Waals surface area contributed by atoms with E-state index in [0.29, 0.717) is 12.1 Å². The Labute approximate surface area is 135 Å². The van der Waals surface area contributed by atoms with Gasteiger partial charge < -0.3 is 10.1 Å². The number of carbonyl (C=O) groups is 1. The summed E-state index contributed by atoms with van der Waals surface area (Å²) in [5, 5.41) is 3.04. The number of aryl methyl sites for hydroxylation is 1. The van der Waals surface area contributed by atoms with Gasteiger partial charge in [0, 0.05) is 35.2 Å². The Balaban J connectivity index is 1.94. The molecule has 1 aliphatic heterocycles. The molecule has 1 aliphatic rings. The Morgan fingerprint density at radius 2 is 2.05 bits per heavy atom. The maximum Gasteiger partial charge on any atom is 0.251 e. The Kier molecular flexibility index (Phi) is 5.41. The van der Waals surface area contributed by atoms with Crippen molar-refractivity contribution in [1.29, 1.82) is 0 Å². The van der Waals surface area contributed by atoms with Gasteiger partial charge in [-0.2, -0.15) is 0 Å². The van der Waals surface area contributed by atoms with Gasteiger partial charge in [0.15, 0.2) is 0 Å². The molecule has 0 aliphatic carbocycles. The van der Waals surface area contributed by atoms with Crippen molar-refractivity contribution in [2.24, 2.45) is 0 Å². The van der Waals surface area contributed by atoms with Crippen LogP contribution in [0.3, 0.4) is 0 Å². The number of hydrogen-bond acceptors (Lipinski definition) is 3. The van der Waals surface area contributed by atoms with Gasteiger partial charge >= 0.3 is 0 Å². The van der Waals surface area contributed by atoms with Gasteiger partial charge in [0.25, 0.3) is 5.91 Å². The number of rotatable bonds is 4. The summed E-state index contributed by atoms with van der Waals surface area (Å²) in [6, 6.07) is 5.68. The average molecular weight is 355 g/mol. The molecule has 1 fully saturated rings. The lowest BCUT2D eigenvalue weighted by Gasteiger charge is -2.40. The summed E-state index contributed by atoms with van der Waals surface area (Å²) in [5.74, 6) is -0.0305. The SMILES string of the molecule is Cc1ccc(C(=O)NCC(C)(C)N2CCOCC2)cc1Br. The van der Waals surface area contributed by atoms with Gasteiger partial charge in [-0.25, -0.2) is 0 Å². The van der Waals surface area contributed by atoms with Crippen molar-refractivity contribution in [2.75, 3.05) is 32.8 Å². The average Bonchev–Trinajstić information content (AvgIpc) is 2.48. The van der Waals surface area contributed by atoms with Crippen LogP contribution in [0.2, 0.25) is 0 Å². The molecule has 5 heteroatoms. The maximum absolute atomic E-state index is 12.3. The molecule has 0 unspecified atom stereocenters. The highest BCUT2D eigenvalue weighted by molar-refractivity contribution is 9.10. The first-order chi connectivity index (χ1) is 9.90. The zero-order valence-corrected chi connectivity index (χ0v) is 14.5. The third-order valence-electron chi connectivity index (χ3n) is 3.98. The lowest BCUT2D eigenvalue weighted by Crippen LogP contribution is -2.55. The highest BCUT2D eigenvalue weighted by atomic mass is 79.9. The minimum atomic E-state index is -0.0681. The number of halogens is 1. The van der Waals surface area contributed by atoms with Crippen molar-refractivity contribution < 1.29 is 9.53 Å². The third kappa shape index (κ3) is 4.28. The van der Waals surface area contributed by atoms with E-state index in [0.717, 1.165) is 36.3 Å². The number of nitrogens with one attached hydrogen (secondary N) is 1. The first-order valence-corrected chi connectivity index (χ1v) is 8.06. The van der Waals surface area contributed by atoms with Gasteiger partial charge in [0.2, 0.25) is 0 Å². The maximum atomic E-state index is 12.3. The fraction of sp³-hybridized carbons (Fsp3) is 0.562. The first kappa shape index (κ1) is 16.5. The van der Waals surface area contributed by atoms with Crippen molar-refractivity contribution in [1.82, 2.24) is 10.2 Å². The first-order valence-electron chi connectivity index (χ1n) is 7.27. The van der Waals surface area contributed by atoms with Crippen LogP contribution in [0, 0.1) is 6.92 Å². The van der Waals surface area contributed by atoms with Crippen LogP contribution in [-0.4, -0.2) is 49.2 Å². The highest BCUT2D eigenvalue weighted by Crippen LogP contribution is 2.18. The van der Waals surface area contributed by atoms with E-state index in [1.165, 1.54) is 0 Å². The van der Waals surface area contributed by atoms with Gasteiger partial charge in [-0.05, 0) is 38.5 Å². The second-order valence-corrected chi connectivity index (χ2v) is 6.91. The number of amides is 1. The van der Waals surface area contributed by atoms with E-state index in [-0.39, 0.29) is 11.4 Å². The molecule has 1 saturated heterocycles. The van der Waals surface area contributed by atoms with Gasteiger partial charge in [-0.3, -0.25) is 9.69 Å². The minimum absolute atomic E-state index is 0.0305. The Morgan fingerprint density at radius 3 is 2.67 bits per heavy atom.